The highest BCUT2D eigenvalue weighted by atomic mass is 32.1. The van der Waals surface area contributed by atoms with Crippen LogP contribution < -0.4 is 10.1 Å². The molecule has 2 rings (SSSR count). The summed E-state index contributed by atoms with van der Waals surface area (Å²) < 4.78 is 22.1. The van der Waals surface area contributed by atoms with Crippen LogP contribution >= 0.6 is 11.5 Å². The fourth-order valence-corrected chi connectivity index (χ4v) is 1.72. The summed E-state index contributed by atoms with van der Waals surface area (Å²) in [5, 5.41) is 7.73. The fourth-order valence-electron chi connectivity index (χ4n) is 1.20. The van der Waals surface area contributed by atoms with E-state index in [-0.39, 0.29) is 12.4 Å². The van der Waals surface area contributed by atoms with Crippen LogP contribution in [-0.2, 0) is 6.61 Å². The van der Waals surface area contributed by atoms with Crippen molar-refractivity contribution in [1.82, 2.24) is 9.59 Å². The van der Waals surface area contributed by atoms with Gasteiger partial charge in [0.2, 0.25) is 0 Å². The highest BCUT2D eigenvalue weighted by Crippen LogP contribution is 2.19. The highest BCUT2D eigenvalue weighted by molar-refractivity contribution is 7.10. The predicted molar refractivity (Wildman–Crippen MR) is 60.2 cm³/mol. The van der Waals surface area contributed by atoms with Crippen LogP contribution in [0.5, 0.6) is 5.75 Å². The Kier molecular flexibility index (Phi) is 3.31. The zero-order valence-electron chi connectivity index (χ0n) is 8.61. The number of anilines is 1. The third-order valence-electron chi connectivity index (χ3n) is 1.95. The van der Waals surface area contributed by atoms with E-state index >= 15 is 0 Å². The number of rotatable bonds is 4. The molecule has 16 heavy (non-hydrogen) atoms. The maximum atomic E-state index is 12.9. The maximum Gasteiger partial charge on any atom is 0.136 e. The summed E-state index contributed by atoms with van der Waals surface area (Å²) in [5.41, 5.74) is 0.719. The van der Waals surface area contributed by atoms with E-state index < -0.39 is 0 Å². The van der Waals surface area contributed by atoms with E-state index in [0.717, 1.165) is 10.7 Å². The van der Waals surface area contributed by atoms with Crippen molar-refractivity contribution in [3.05, 3.63) is 35.8 Å². The molecular formula is C10H10FN3OS. The Balaban J connectivity index is 2.02. The van der Waals surface area contributed by atoms with Crippen LogP contribution in [0.15, 0.2) is 24.3 Å². The summed E-state index contributed by atoms with van der Waals surface area (Å²) in [5.74, 6) is 0.165. The van der Waals surface area contributed by atoms with Crippen LogP contribution in [0.4, 0.5) is 9.39 Å². The van der Waals surface area contributed by atoms with Crippen LogP contribution in [0.3, 0.4) is 0 Å². The van der Waals surface area contributed by atoms with Crippen molar-refractivity contribution in [3.63, 3.8) is 0 Å². The van der Waals surface area contributed by atoms with Crippen LogP contribution in [0.2, 0.25) is 0 Å². The minimum atomic E-state index is -0.317. The Morgan fingerprint density at radius 1 is 1.50 bits per heavy atom. The monoisotopic (exact) mass is 239 g/mol. The molecule has 0 atom stereocenters. The Bertz CT molecular complexity index is 475. The minimum Gasteiger partial charge on any atom is -0.487 e. The molecule has 0 unspecified atom stereocenters. The molecule has 1 heterocycles. The minimum absolute atomic E-state index is 0.274. The van der Waals surface area contributed by atoms with E-state index in [4.69, 9.17) is 4.74 Å². The van der Waals surface area contributed by atoms with Crippen LogP contribution in [0.1, 0.15) is 5.69 Å². The van der Waals surface area contributed by atoms with Gasteiger partial charge in [0, 0.05) is 24.6 Å². The van der Waals surface area contributed by atoms with Gasteiger partial charge in [0.1, 0.15) is 28.9 Å². The van der Waals surface area contributed by atoms with Crippen LogP contribution in [0, 0.1) is 5.82 Å². The average molecular weight is 239 g/mol. The molecule has 6 heteroatoms. The number of nitrogens with zero attached hydrogens (tertiary/aromatic N) is 2. The zero-order chi connectivity index (χ0) is 11.4. The molecule has 0 amide bonds. The van der Waals surface area contributed by atoms with Gasteiger partial charge in [-0.15, -0.1) is 5.10 Å². The fraction of sp³-hybridized carbons (Fsp3) is 0.200. The molecule has 1 aromatic carbocycles. The number of halogens is 1. The Labute approximate surface area is 96.2 Å². The van der Waals surface area contributed by atoms with Gasteiger partial charge in [-0.25, -0.2) is 4.39 Å². The Morgan fingerprint density at radius 3 is 3.12 bits per heavy atom. The van der Waals surface area contributed by atoms with Crippen molar-refractivity contribution < 1.29 is 9.13 Å². The third-order valence-corrected chi connectivity index (χ3v) is 2.74. The highest BCUT2D eigenvalue weighted by Gasteiger charge is 2.06. The van der Waals surface area contributed by atoms with E-state index in [1.165, 1.54) is 23.7 Å². The number of benzene rings is 1. The van der Waals surface area contributed by atoms with Crippen LogP contribution in [0.25, 0.3) is 0 Å². The zero-order valence-corrected chi connectivity index (χ0v) is 9.42. The summed E-state index contributed by atoms with van der Waals surface area (Å²) in [7, 11) is 1.79. The number of ether oxygens (including phenoxy) is 1. The van der Waals surface area contributed by atoms with Gasteiger partial charge in [-0.05, 0) is 12.1 Å². The lowest BCUT2D eigenvalue weighted by Gasteiger charge is -2.04. The number of hydrogen-bond acceptors (Lipinski definition) is 5. The lowest BCUT2D eigenvalue weighted by Crippen LogP contribution is -1.99. The van der Waals surface area contributed by atoms with Gasteiger partial charge in [-0.2, -0.15) is 0 Å². The molecule has 0 spiro atoms. The predicted octanol–water partition coefficient (Wildman–Crippen LogP) is 2.30. The van der Waals surface area contributed by atoms with Crippen molar-refractivity contribution in [2.24, 2.45) is 0 Å². The van der Waals surface area contributed by atoms with Gasteiger partial charge in [0.05, 0.1) is 0 Å². The van der Waals surface area contributed by atoms with Gasteiger partial charge in [0.25, 0.3) is 0 Å². The van der Waals surface area contributed by atoms with E-state index in [1.807, 2.05) is 0 Å². The van der Waals surface area contributed by atoms with Crippen molar-refractivity contribution in [2.75, 3.05) is 12.4 Å². The largest absolute Gasteiger partial charge is 0.487 e. The van der Waals surface area contributed by atoms with E-state index in [1.54, 1.807) is 19.2 Å². The normalized spacial score (nSPS) is 10.1. The molecule has 84 valence electrons. The quantitative estimate of drug-likeness (QED) is 0.889. The maximum absolute atomic E-state index is 12.9. The number of nitrogens with one attached hydrogen (secondary N) is 1. The molecule has 1 aromatic heterocycles. The van der Waals surface area contributed by atoms with Crippen molar-refractivity contribution >= 4 is 16.5 Å². The molecule has 0 aliphatic heterocycles. The standard InChI is InChI=1S/C10H10FN3OS/c1-12-10-9(13-14-16-10)6-15-8-4-2-3-7(11)5-8/h2-5,12H,6H2,1H3. The Hall–Kier alpha value is -1.69. The Morgan fingerprint density at radius 2 is 2.38 bits per heavy atom. The van der Waals surface area contributed by atoms with Gasteiger partial charge in [-0.1, -0.05) is 10.6 Å². The molecule has 2 aromatic rings. The number of aromatic nitrogens is 2. The van der Waals surface area contributed by atoms with Crippen LogP contribution in [-0.4, -0.2) is 16.6 Å². The smallest absolute Gasteiger partial charge is 0.136 e. The molecule has 4 nitrogen and oxygen atoms in total. The molecule has 0 bridgehead atoms. The van der Waals surface area contributed by atoms with Gasteiger partial charge in [-0.3, -0.25) is 0 Å². The topological polar surface area (TPSA) is 47.0 Å². The summed E-state index contributed by atoms with van der Waals surface area (Å²) in [6, 6.07) is 6.00. The van der Waals surface area contributed by atoms with Crippen molar-refractivity contribution in [1.29, 1.82) is 0 Å². The SMILES string of the molecule is CNc1snnc1COc1cccc(F)c1. The molecule has 1 N–H and O–H groups in total. The first kappa shape index (κ1) is 10.8. The first-order chi connectivity index (χ1) is 7.79. The van der Waals surface area contributed by atoms with E-state index in [9.17, 15) is 4.39 Å². The number of hydrogen-bond donors (Lipinski definition) is 1. The summed E-state index contributed by atoms with van der Waals surface area (Å²) in [4.78, 5) is 0. The molecule has 0 saturated carbocycles. The molecule has 0 saturated heterocycles. The van der Waals surface area contributed by atoms with E-state index in [2.05, 4.69) is 14.9 Å². The summed E-state index contributed by atoms with van der Waals surface area (Å²) >= 11 is 1.26. The van der Waals surface area contributed by atoms with E-state index in [0.29, 0.717) is 5.75 Å². The molecule has 0 fully saturated rings. The van der Waals surface area contributed by atoms with Gasteiger partial charge >= 0.3 is 0 Å². The second-order valence-corrected chi connectivity index (χ2v) is 3.80. The molecule has 0 radical (unpaired) electrons. The van der Waals surface area contributed by atoms with Crippen molar-refractivity contribution in [2.45, 2.75) is 6.61 Å². The third kappa shape index (κ3) is 2.46. The first-order valence-corrected chi connectivity index (χ1v) is 5.44. The average Bonchev–Trinajstić information content (AvgIpc) is 2.74. The molecular weight excluding hydrogens is 229 g/mol. The summed E-state index contributed by atoms with van der Waals surface area (Å²) in [6.07, 6.45) is 0. The lowest BCUT2D eigenvalue weighted by molar-refractivity contribution is 0.300. The lowest BCUT2D eigenvalue weighted by atomic mass is 10.3. The molecule has 0 aliphatic carbocycles. The summed E-state index contributed by atoms with van der Waals surface area (Å²) in [6.45, 7) is 0.274. The first-order valence-electron chi connectivity index (χ1n) is 4.67. The second-order valence-electron chi connectivity index (χ2n) is 3.04. The van der Waals surface area contributed by atoms with Crippen molar-refractivity contribution in [3.8, 4) is 5.75 Å². The molecule has 0 aliphatic rings. The van der Waals surface area contributed by atoms with Gasteiger partial charge < -0.3 is 10.1 Å². The second kappa shape index (κ2) is 4.89. The van der Waals surface area contributed by atoms with Gasteiger partial charge in [0.15, 0.2) is 0 Å².